The second kappa shape index (κ2) is 5.82. The number of sulfonamides is 2. The standard InChI is InChI=1S/C9H13FN2O5S2/c1-17-4-5-18(13,14)12-8-6-7(10)2-3-9(8)19(11,15)16/h2-3,6,12H,4-5H2,1H3,(H2,11,15,16). The molecule has 0 atom stereocenters. The summed E-state index contributed by atoms with van der Waals surface area (Å²) in [6.07, 6.45) is 0. The van der Waals surface area contributed by atoms with Crippen LogP contribution in [0, 0.1) is 5.82 Å². The number of primary sulfonamides is 1. The van der Waals surface area contributed by atoms with Gasteiger partial charge in [0, 0.05) is 7.11 Å². The molecule has 0 fully saturated rings. The predicted octanol–water partition coefficient (Wildman–Crippen LogP) is -0.139. The van der Waals surface area contributed by atoms with Crippen LogP contribution in [0.2, 0.25) is 0 Å². The van der Waals surface area contributed by atoms with Crippen molar-refractivity contribution in [3.8, 4) is 0 Å². The molecule has 3 N–H and O–H groups in total. The smallest absolute Gasteiger partial charge is 0.240 e. The molecule has 7 nitrogen and oxygen atoms in total. The molecule has 0 aliphatic heterocycles. The van der Waals surface area contributed by atoms with Gasteiger partial charge in [-0.2, -0.15) is 0 Å². The minimum absolute atomic E-state index is 0.0879. The van der Waals surface area contributed by atoms with Crippen molar-refractivity contribution >= 4 is 25.7 Å². The van der Waals surface area contributed by atoms with E-state index >= 15 is 0 Å². The molecule has 0 unspecified atom stereocenters. The Hall–Kier alpha value is -1.23. The topological polar surface area (TPSA) is 116 Å². The van der Waals surface area contributed by atoms with Gasteiger partial charge in [-0.3, -0.25) is 4.72 Å². The summed E-state index contributed by atoms with van der Waals surface area (Å²) in [7, 11) is -6.71. The molecule has 10 heteroatoms. The molecular weight excluding hydrogens is 299 g/mol. The van der Waals surface area contributed by atoms with Gasteiger partial charge in [0.25, 0.3) is 0 Å². The van der Waals surface area contributed by atoms with E-state index in [1.54, 1.807) is 0 Å². The Kier molecular flexibility index (Phi) is 4.85. The van der Waals surface area contributed by atoms with Gasteiger partial charge in [-0.15, -0.1) is 0 Å². The van der Waals surface area contributed by atoms with E-state index in [2.05, 4.69) is 4.74 Å². The highest BCUT2D eigenvalue weighted by Gasteiger charge is 2.19. The highest BCUT2D eigenvalue weighted by atomic mass is 32.2. The van der Waals surface area contributed by atoms with E-state index in [-0.39, 0.29) is 6.61 Å². The van der Waals surface area contributed by atoms with Gasteiger partial charge in [0.2, 0.25) is 20.0 Å². The number of benzene rings is 1. The summed E-state index contributed by atoms with van der Waals surface area (Å²) >= 11 is 0. The lowest BCUT2D eigenvalue weighted by atomic mass is 10.3. The van der Waals surface area contributed by atoms with Crippen LogP contribution < -0.4 is 9.86 Å². The van der Waals surface area contributed by atoms with Crippen molar-refractivity contribution in [2.75, 3.05) is 24.2 Å². The van der Waals surface area contributed by atoms with Crippen LogP contribution in [-0.2, 0) is 24.8 Å². The number of rotatable bonds is 6. The minimum atomic E-state index is -4.17. The molecule has 19 heavy (non-hydrogen) atoms. The molecule has 0 amide bonds. The normalized spacial score (nSPS) is 12.4. The molecule has 0 saturated carbocycles. The zero-order valence-corrected chi connectivity index (χ0v) is 11.6. The van der Waals surface area contributed by atoms with Gasteiger partial charge >= 0.3 is 0 Å². The number of hydrogen-bond donors (Lipinski definition) is 2. The van der Waals surface area contributed by atoms with Gasteiger partial charge < -0.3 is 4.74 Å². The Bertz CT molecular complexity index is 657. The van der Waals surface area contributed by atoms with Crippen LogP contribution in [0.1, 0.15) is 0 Å². The molecule has 0 heterocycles. The van der Waals surface area contributed by atoms with Crippen molar-refractivity contribution in [2.45, 2.75) is 4.90 Å². The minimum Gasteiger partial charge on any atom is -0.384 e. The number of nitrogens with two attached hydrogens (primary N) is 1. The Morgan fingerprint density at radius 3 is 2.47 bits per heavy atom. The maximum absolute atomic E-state index is 13.1. The third-order valence-corrected chi connectivity index (χ3v) is 4.27. The van der Waals surface area contributed by atoms with Crippen LogP contribution in [0.3, 0.4) is 0 Å². The fourth-order valence-corrected chi connectivity index (χ4v) is 2.97. The van der Waals surface area contributed by atoms with Crippen LogP contribution in [0.15, 0.2) is 23.1 Å². The van der Waals surface area contributed by atoms with Crippen LogP contribution in [0.5, 0.6) is 0 Å². The molecule has 1 aromatic rings. The van der Waals surface area contributed by atoms with E-state index in [1.165, 1.54) is 7.11 Å². The molecule has 0 radical (unpaired) electrons. The van der Waals surface area contributed by atoms with Crippen molar-refractivity contribution < 1.29 is 26.0 Å². The summed E-state index contributed by atoms with van der Waals surface area (Å²) in [6.45, 7) is -0.0879. The SMILES string of the molecule is COCCS(=O)(=O)Nc1cc(F)ccc1S(N)(=O)=O. The van der Waals surface area contributed by atoms with Crippen molar-refractivity contribution in [3.05, 3.63) is 24.0 Å². The van der Waals surface area contributed by atoms with E-state index in [1.807, 2.05) is 4.72 Å². The second-order valence-electron chi connectivity index (χ2n) is 3.60. The number of ether oxygens (including phenoxy) is 1. The summed E-state index contributed by atoms with van der Waals surface area (Å²) in [5.74, 6) is -1.19. The molecule has 0 bridgehead atoms. The molecule has 108 valence electrons. The van der Waals surface area contributed by atoms with Gasteiger partial charge in [0.15, 0.2) is 0 Å². The lowest BCUT2D eigenvalue weighted by Crippen LogP contribution is -2.22. The molecular formula is C9H13FN2O5S2. The van der Waals surface area contributed by atoms with E-state index in [4.69, 9.17) is 5.14 Å². The summed E-state index contributed by atoms with van der Waals surface area (Å²) < 4.78 is 65.4. The number of halogens is 1. The van der Waals surface area contributed by atoms with Gasteiger partial charge in [-0.1, -0.05) is 0 Å². The van der Waals surface area contributed by atoms with E-state index < -0.39 is 42.2 Å². The van der Waals surface area contributed by atoms with Crippen molar-refractivity contribution in [3.63, 3.8) is 0 Å². The molecule has 0 aromatic heterocycles. The quantitative estimate of drug-likeness (QED) is 0.758. The van der Waals surface area contributed by atoms with Gasteiger partial charge in [-0.05, 0) is 18.2 Å². The van der Waals surface area contributed by atoms with Crippen LogP contribution in [-0.4, -0.2) is 36.3 Å². The van der Waals surface area contributed by atoms with Crippen LogP contribution >= 0.6 is 0 Å². The Labute approximate surface area is 110 Å². The highest BCUT2D eigenvalue weighted by molar-refractivity contribution is 7.93. The molecule has 0 aliphatic carbocycles. The molecule has 0 aliphatic rings. The van der Waals surface area contributed by atoms with Gasteiger partial charge in [-0.25, -0.2) is 26.4 Å². The second-order valence-corrected chi connectivity index (χ2v) is 6.97. The lowest BCUT2D eigenvalue weighted by molar-refractivity contribution is 0.217. The fourth-order valence-electron chi connectivity index (χ4n) is 1.24. The highest BCUT2D eigenvalue weighted by Crippen LogP contribution is 2.22. The fraction of sp³-hybridized carbons (Fsp3) is 0.333. The first-order chi connectivity index (χ1) is 8.65. The number of hydrogen-bond acceptors (Lipinski definition) is 5. The van der Waals surface area contributed by atoms with E-state index in [0.717, 1.165) is 18.2 Å². The zero-order valence-electron chi connectivity index (χ0n) is 9.96. The maximum Gasteiger partial charge on any atom is 0.240 e. The van der Waals surface area contributed by atoms with Gasteiger partial charge in [0.1, 0.15) is 10.7 Å². The summed E-state index contributed by atoms with van der Waals surface area (Å²) in [6, 6.07) is 2.50. The monoisotopic (exact) mass is 312 g/mol. The van der Waals surface area contributed by atoms with Crippen molar-refractivity contribution in [1.82, 2.24) is 0 Å². The predicted molar refractivity (Wildman–Crippen MR) is 67.1 cm³/mol. The molecule has 1 aromatic carbocycles. The zero-order chi connectivity index (χ0) is 14.7. The first-order valence-corrected chi connectivity index (χ1v) is 8.17. The summed E-state index contributed by atoms with van der Waals surface area (Å²) in [4.78, 5) is -0.505. The summed E-state index contributed by atoms with van der Waals surface area (Å²) in [5.41, 5.74) is -0.432. The average Bonchev–Trinajstić information content (AvgIpc) is 2.24. The van der Waals surface area contributed by atoms with Crippen LogP contribution in [0.25, 0.3) is 0 Å². The third kappa shape index (κ3) is 4.74. The molecule has 1 rings (SSSR count). The first kappa shape index (κ1) is 15.8. The number of nitrogens with one attached hydrogen (secondary N) is 1. The molecule has 0 spiro atoms. The van der Waals surface area contributed by atoms with Gasteiger partial charge in [0.05, 0.1) is 18.0 Å². The lowest BCUT2D eigenvalue weighted by Gasteiger charge is -2.11. The molecule has 0 saturated heterocycles. The van der Waals surface area contributed by atoms with Crippen molar-refractivity contribution in [2.24, 2.45) is 5.14 Å². The maximum atomic E-state index is 13.1. The Morgan fingerprint density at radius 2 is 1.95 bits per heavy atom. The third-order valence-electron chi connectivity index (χ3n) is 2.07. The Balaban J connectivity index is 3.17. The summed E-state index contributed by atoms with van der Waals surface area (Å²) in [5, 5.41) is 4.92. The number of methoxy groups -OCH3 is 1. The number of anilines is 1. The first-order valence-electron chi connectivity index (χ1n) is 4.97. The average molecular weight is 312 g/mol. The van der Waals surface area contributed by atoms with Crippen molar-refractivity contribution in [1.29, 1.82) is 0 Å². The van der Waals surface area contributed by atoms with E-state index in [9.17, 15) is 21.2 Å². The largest absolute Gasteiger partial charge is 0.384 e. The Morgan fingerprint density at radius 1 is 1.32 bits per heavy atom. The van der Waals surface area contributed by atoms with Crippen LogP contribution in [0.4, 0.5) is 10.1 Å². The van der Waals surface area contributed by atoms with E-state index in [0.29, 0.717) is 0 Å².